The summed E-state index contributed by atoms with van der Waals surface area (Å²) < 4.78 is 0. The fourth-order valence-electron chi connectivity index (χ4n) is 2.83. The molecule has 24 heavy (non-hydrogen) atoms. The number of carbonyl (C=O) groups is 4. The van der Waals surface area contributed by atoms with E-state index in [4.69, 9.17) is 0 Å². The summed E-state index contributed by atoms with van der Waals surface area (Å²) in [5.41, 5.74) is 0. The largest absolute Gasteiger partial charge is 0.345 e. The fraction of sp³-hybridized carbons (Fsp3) is 0.765. The summed E-state index contributed by atoms with van der Waals surface area (Å²) in [5.74, 6) is -0.922. The quantitative estimate of drug-likeness (QED) is 0.659. The summed E-state index contributed by atoms with van der Waals surface area (Å²) in [6.07, 6.45) is 2.01. The first-order valence-electron chi connectivity index (χ1n) is 8.52. The molecule has 0 saturated carbocycles. The molecule has 7 heteroatoms. The maximum Gasteiger partial charge on any atom is 0.246 e. The zero-order valence-corrected chi connectivity index (χ0v) is 15.2. The molecule has 1 fully saturated rings. The molecule has 2 N–H and O–H groups in total. The number of nitrogens with zero attached hydrogens (tertiary/aromatic N) is 1. The molecule has 1 aliphatic rings. The fourth-order valence-corrected chi connectivity index (χ4v) is 2.83. The molecule has 136 valence electrons. The Hall–Kier alpha value is -1.92. The molecule has 0 radical (unpaired) electrons. The molecule has 0 aromatic carbocycles. The number of amides is 3. The molecule has 0 unspecified atom stereocenters. The van der Waals surface area contributed by atoms with E-state index in [1.165, 1.54) is 11.8 Å². The van der Waals surface area contributed by atoms with Crippen LogP contribution < -0.4 is 10.6 Å². The molecule has 7 nitrogen and oxygen atoms in total. The van der Waals surface area contributed by atoms with Gasteiger partial charge in [0, 0.05) is 13.5 Å². The highest BCUT2D eigenvalue weighted by molar-refractivity contribution is 5.93. The van der Waals surface area contributed by atoms with Crippen molar-refractivity contribution in [3.05, 3.63) is 0 Å². The third-order valence-corrected chi connectivity index (χ3v) is 4.30. The Balaban J connectivity index is 2.86. The molecule has 0 bridgehead atoms. The Labute approximate surface area is 143 Å². The van der Waals surface area contributed by atoms with Crippen LogP contribution in [0.3, 0.4) is 0 Å². The van der Waals surface area contributed by atoms with Crippen LogP contribution >= 0.6 is 0 Å². The lowest BCUT2D eigenvalue weighted by Gasteiger charge is -2.31. The minimum absolute atomic E-state index is 0.0141. The van der Waals surface area contributed by atoms with E-state index in [-0.39, 0.29) is 29.6 Å². The van der Waals surface area contributed by atoms with E-state index in [0.29, 0.717) is 13.0 Å². The van der Waals surface area contributed by atoms with Crippen molar-refractivity contribution < 1.29 is 19.2 Å². The van der Waals surface area contributed by atoms with Crippen molar-refractivity contribution in [3.8, 4) is 0 Å². The Morgan fingerprint density at radius 1 is 1.08 bits per heavy atom. The van der Waals surface area contributed by atoms with E-state index >= 15 is 0 Å². The van der Waals surface area contributed by atoms with E-state index in [9.17, 15) is 19.2 Å². The molecule has 3 atom stereocenters. The summed E-state index contributed by atoms with van der Waals surface area (Å²) in [6.45, 7) is 9.25. The van der Waals surface area contributed by atoms with Gasteiger partial charge in [-0.2, -0.15) is 0 Å². The second-order valence-electron chi connectivity index (χ2n) is 7.03. The van der Waals surface area contributed by atoms with Crippen molar-refractivity contribution in [2.45, 2.75) is 65.6 Å². The second-order valence-corrected chi connectivity index (χ2v) is 7.03. The van der Waals surface area contributed by atoms with Gasteiger partial charge in [-0.15, -0.1) is 0 Å². The minimum Gasteiger partial charge on any atom is -0.345 e. The van der Waals surface area contributed by atoms with Crippen LogP contribution in [0.15, 0.2) is 0 Å². The maximum atomic E-state index is 12.8. The normalized spacial score (nSPS) is 20.0. The first-order chi connectivity index (χ1) is 11.2. The van der Waals surface area contributed by atoms with Crippen LogP contribution in [-0.4, -0.2) is 53.6 Å². The van der Waals surface area contributed by atoms with Gasteiger partial charge in [-0.3, -0.25) is 14.4 Å². The number of carbonyl (C=O) groups excluding carboxylic acids is 4. The SMILES string of the molecule is CC(=O)N[C@H](C(=O)N1CCC[C@H]1C(=O)N[C@H](C=O)C(C)C)C(C)C. The van der Waals surface area contributed by atoms with Gasteiger partial charge >= 0.3 is 0 Å². The molecule has 0 aromatic rings. The molecule has 3 amide bonds. The molecular formula is C17H29N3O4. The lowest BCUT2D eigenvalue weighted by molar-refractivity contribution is -0.142. The molecular weight excluding hydrogens is 310 g/mol. The maximum absolute atomic E-state index is 12.8. The van der Waals surface area contributed by atoms with Crippen LogP contribution in [-0.2, 0) is 19.2 Å². The predicted molar refractivity (Wildman–Crippen MR) is 90.0 cm³/mol. The van der Waals surface area contributed by atoms with Gasteiger partial charge in [0.05, 0.1) is 6.04 Å². The minimum atomic E-state index is -0.650. The first kappa shape index (κ1) is 20.1. The summed E-state index contributed by atoms with van der Waals surface area (Å²) in [6, 6.07) is -1.80. The van der Waals surface area contributed by atoms with E-state index < -0.39 is 18.1 Å². The van der Waals surface area contributed by atoms with Crippen LogP contribution in [0.1, 0.15) is 47.5 Å². The molecule has 0 aliphatic carbocycles. The highest BCUT2D eigenvalue weighted by atomic mass is 16.2. The van der Waals surface area contributed by atoms with Crippen molar-refractivity contribution in [2.75, 3.05) is 6.54 Å². The topological polar surface area (TPSA) is 95.6 Å². The Bertz CT molecular complexity index is 490. The molecule has 1 rings (SSSR count). The first-order valence-corrected chi connectivity index (χ1v) is 8.52. The van der Waals surface area contributed by atoms with Gasteiger partial charge in [0.1, 0.15) is 18.4 Å². The highest BCUT2D eigenvalue weighted by Gasteiger charge is 2.38. The van der Waals surface area contributed by atoms with Crippen LogP contribution in [0, 0.1) is 11.8 Å². The van der Waals surface area contributed by atoms with Crippen LogP contribution in [0.4, 0.5) is 0 Å². The monoisotopic (exact) mass is 339 g/mol. The van der Waals surface area contributed by atoms with Gasteiger partial charge in [0.25, 0.3) is 0 Å². The van der Waals surface area contributed by atoms with Crippen LogP contribution in [0.25, 0.3) is 0 Å². The summed E-state index contributed by atoms with van der Waals surface area (Å²) in [5, 5.41) is 5.38. The standard InChI is InChI=1S/C17H29N3O4/c1-10(2)13(9-21)19-16(23)14-7-6-8-20(14)17(24)15(11(3)4)18-12(5)22/h9-11,13-15H,6-8H2,1-5H3,(H,18,22)(H,19,23)/t13-,14+,15+/m1/s1. The Morgan fingerprint density at radius 2 is 1.71 bits per heavy atom. The summed E-state index contributed by atoms with van der Waals surface area (Å²) >= 11 is 0. The van der Waals surface area contributed by atoms with Gasteiger partial charge in [0.2, 0.25) is 17.7 Å². The third kappa shape index (κ3) is 5.04. The Morgan fingerprint density at radius 3 is 2.17 bits per heavy atom. The molecule has 1 saturated heterocycles. The third-order valence-electron chi connectivity index (χ3n) is 4.30. The number of rotatable bonds is 7. The molecule has 1 aliphatic heterocycles. The molecule has 1 heterocycles. The van der Waals surface area contributed by atoms with Crippen molar-refractivity contribution in [2.24, 2.45) is 11.8 Å². The average molecular weight is 339 g/mol. The van der Waals surface area contributed by atoms with Gasteiger partial charge in [-0.1, -0.05) is 27.7 Å². The van der Waals surface area contributed by atoms with E-state index in [0.717, 1.165) is 12.7 Å². The van der Waals surface area contributed by atoms with E-state index in [1.54, 1.807) is 0 Å². The smallest absolute Gasteiger partial charge is 0.246 e. The van der Waals surface area contributed by atoms with Crippen LogP contribution in [0.5, 0.6) is 0 Å². The van der Waals surface area contributed by atoms with E-state index in [1.807, 2.05) is 27.7 Å². The molecule has 0 aromatic heterocycles. The lowest BCUT2D eigenvalue weighted by Crippen LogP contribution is -2.56. The zero-order chi connectivity index (χ0) is 18.4. The predicted octanol–water partition coefficient (Wildman–Crippen LogP) is 0.478. The van der Waals surface area contributed by atoms with Gasteiger partial charge < -0.3 is 20.3 Å². The van der Waals surface area contributed by atoms with Crippen molar-refractivity contribution in [1.29, 1.82) is 0 Å². The number of hydrogen-bond donors (Lipinski definition) is 2. The van der Waals surface area contributed by atoms with Gasteiger partial charge in [0.15, 0.2) is 0 Å². The average Bonchev–Trinajstić information content (AvgIpc) is 2.98. The van der Waals surface area contributed by atoms with Crippen molar-refractivity contribution >= 4 is 24.0 Å². The number of aldehydes is 1. The molecule has 0 spiro atoms. The number of likely N-dealkylation sites (tertiary alicyclic amines) is 1. The lowest BCUT2D eigenvalue weighted by atomic mass is 10.0. The summed E-state index contributed by atoms with van der Waals surface area (Å²) in [4.78, 5) is 49.3. The summed E-state index contributed by atoms with van der Waals surface area (Å²) in [7, 11) is 0. The van der Waals surface area contributed by atoms with E-state index in [2.05, 4.69) is 10.6 Å². The van der Waals surface area contributed by atoms with Crippen molar-refractivity contribution in [1.82, 2.24) is 15.5 Å². The van der Waals surface area contributed by atoms with Crippen LogP contribution in [0.2, 0.25) is 0 Å². The number of nitrogens with one attached hydrogen (secondary N) is 2. The number of hydrogen-bond acceptors (Lipinski definition) is 4. The second kappa shape index (κ2) is 8.80. The highest BCUT2D eigenvalue weighted by Crippen LogP contribution is 2.20. The van der Waals surface area contributed by atoms with Crippen molar-refractivity contribution in [3.63, 3.8) is 0 Å². The van der Waals surface area contributed by atoms with Gasteiger partial charge in [-0.05, 0) is 24.7 Å². The van der Waals surface area contributed by atoms with Gasteiger partial charge in [-0.25, -0.2) is 0 Å². The Kier molecular flexibility index (Phi) is 7.38. The zero-order valence-electron chi connectivity index (χ0n) is 15.2.